The fraction of sp³-hybridized carbons (Fsp3) is 0.150. The standard InChI is InChI=1S/C20H19ClN6O3/c1-22-18(29)12-6-8-14(9-7-12)24-17(28)10-16-19(30)26-20(25-16)27-23-11-13-4-2-3-5-15(13)21/h2-9,11,16H,10H2,1H3,(H,22,29)(H,24,28)(H2,25,26,27,30)/b23-11+. The van der Waals surface area contributed by atoms with Crippen molar-refractivity contribution in [2.75, 3.05) is 12.4 Å². The Morgan fingerprint density at radius 3 is 2.63 bits per heavy atom. The number of halogens is 1. The van der Waals surface area contributed by atoms with Crippen LogP contribution in [-0.4, -0.2) is 43.0 Å². The van der Waals surface area contributed by atoms with E-state index in [4.69, 9.17) is 11.6 Å². The van der Waals surface area contributed by atoms with Gasteiger partial charge in [-0.15, -0.1) is 0 Å². The van der Waals surface area contributed by atoms with Crippen molar-refractivity contribution in [1.82, 2.24) is 16.1 Å². The van der Waals surface area contributed by atoms with Gasteiger partial charge in [-0.3, -0.25) is 19.7 Å². The molecular formula is C20H19ClN6O3. The van der Waals surface area contributed by atoms with Gasteiger partial charge in [0, 0.05) is 28.9 Å². The molecule has 0 saturated carbocycles. The second-order valence-electron chi connectivity index (χ2n) is 6.28. The number of amides is 3. The Morgan fingerprint density at radius 1 is 1.20 bits per heavy atom. The van der Waals surface area contributed by atoms with Crippen LogP contribution in [0.1, 0.15) is 22.3 Å². The van der Waals surface area contributed by atoms with Crippen LogP contribution >= 0.6 is 11.6 Å². The molecule has 1 aliphatic heterocycles. The van der Waals surface area contributed by atoms with Crippen LogP contribution in [0.25, 0.3) is 0 Å². The third-order valence-electron chi connectivity index (χ3n) is 4.15. The number of hydrazone groups is 1. The summed E-state index contributed by atoms with van der Waals surface area (Å²) in [6.45, 7) is 0. The molecule has 1 aliphatic rings. The van der Waals surface area contributed by atoms with Crippen LogP contribution in [-0.2, 0) is 9.59 Å². The molecule has 0 spiro atoms. The third-order valence-corrected chi connectivity index (χ3v) is 4.49. The number of hydrogen-bond acceptors (Lipinski definition) is 6. The third kappa shape index (κ3) is 5.42. The smallest absolute Gasteiger partial charge is 0.252 e. The number of nitrogens with zero attached hydrogens (tertiary/aromatic N) is 2. The number of benzene rings is 2. The quantitative estimate of drug-likeness (QED) is 0.412. The van der Waals surface area contributed by atoms with Gasteiger partial charge < -0.3 is 10.6 Å². The summed E-state index contributed by atoms with van der Waals surface area (Å²) < 4.78 is 0. The van der Waals surface area contributed by atoms with Crippen LogP contribution in [0.3, 0.4) is 0 Å². The minimum Gasteiger partial charge on any atom is -0.355 e. The molecule has 2 aromatic rings. The molecule has 0 aliphatic carbocycles. The van der Waals surface area contributed by atoms with Crippen LogP contribution < -0.4 is 21.4 Å². The van der Waals surface area contributed by atoms with Gasteiger partial charge in [0.25, 0.3) is 11.8 Å². The van der Waals surface area contributed by atoms with E-state index in [0.29, 0.717) is 21.8 Å². The Kier molecular flexibility index (Phi) is 6.76. The molecular weight excluding hydrogens is 408 g/mol. The lowest BCUT2D eigenvalue weighted by atomic mass is 10.1. The molecule has 9 nitrogen and oxygen atoms in total. The molecule has 4 N–H and O–H groups in total. The van der Waals surface area contributed by atoms with E-state index in [0.717, 1.165) is 0 Å². The summed E-state index contributed by atoms with van der Waals surface area (Å²) in [6.07, 6.45) is 1.36. The van der Waals surface area contributed by atoms with E-state index in [1.165, 1.54) is 13.3 Å². The summed E-state index contributed by atoms with van der Waals surface area (Å²) in [7, 11) is 1.54. The highest BCUT2D eigenvalue weighted by Gasteiger charge is 2.28. The van der Waals surface area contributed by atoms with Crippen molar-refractivity contribution >= 4 is 47.2 Å². The van der Waals surface area contributed by atoms with Gasteiger partial charge in [0.15, 0.2) is 0 Å². The minimum absolute atomic E-state index is 0.136. The summed E-state index contributed by atoms with van der Waals surface area (Å²) >= 11 is 6.04. The van der Waals surface area contributed by atoms with Gasteiger partial charge in [0.2, 0.25) is 11.9 Å². The SMILES string of the molecule is CNC(=O)c1ccc(NC(=O)CC2N=C(N/N=C/c3ccccc3Cl)NC2=O)cc1. The Morgan fingerprint density at radius 2 is 1.93 bits per heavy atom. The molecule has 0 saturated heterocycles. The number of rotatable bonds is 6. The van der Waals surface area contributed by atoms with E-state index in [-0.39, 0.29) is 24.2 Å². The Hall–Kier alpha value is -3.72. The molecule has 1 atom stereocenters. The number of carbonyl (C=O) groups excluding carboxylic acids is 3. The number of aliphatic imine (C=N–C) groups is 1. The normalized spacial score (nSPS) is 15.5. The van der Waals surface area contributed by atoms with Gasteiger partial charge in [0.05, 0.1) is 12.6 Å². The largest absolute Gasteiger partial charge is 0.355 e. The molecule has 154 valence electrons. The number of anilines is 1. The molecule has 0 fully saturated rings. The Balaban J connectivity index is 1.54. The molecule has 0 radical (unpaired) electrons. The van der Waals surface area contributed by atoms with Crippen molar-refractivity contribution in [1.29, 1.82) is 0 Å². The zero-order chi connectivity index (χ0) is 21.5. The molecule has 3 rings (SSSR count). The van der Waals surface area contributed by atoms with E-state index in [2.05, 4.69) is 31.5 Å². The molecule has 3 amide bonds. The molecule has 0 aromatic heterocycles. The van der Waals surface area contributed by atoms with E-state index >= 15 is 0 Å². The number of hydrogen-bond donors (Lipinski definition) is 4. The van der Waals surface area contributed by atoms with Gasteiger partial charge in [0.1, 0.15) is 6.04 Å². The summed E-state index contributed by atoms with van der Waals surface area (Å²) in [5.74, 6) is -0.860. The van der Waals surface area contributed by atoms with Gasteiger partial charge in [-0.25, -0.2) is 10.4 Å². The first kappa shape index (κ1) is 21.0. The van der Waals surface area contributed by atoms with Crippen LogP contribution in [0.4, 0.5) is 5.69 Å². The van der Waals surface area contributed by atoms with Crippen LogP contribution in [0.5, 0.6) is 0 Å². The van der Waals surface area contributed by atoms with Gasteiger partial charge in [-0.2, -0.15) is 5.10 Å². The van der Waals surface area contributed by atoms with Crippen molar-refractivity contribution in [3.63, 3.8) is 0 Å². The van der Waals surface area contributed by atoms with E-state index < -0.39 is 11.9 Å². The van der Waals surface area contributed by atoms with Crippen LogP contribution in [0, 0.1) is 0 Å². The second-order valence-corrected chi connectivity index (χ2v) is 6.69. The van der Waals surface area contributed by atoms with Crippen LogP contribution in [0.15, 0.2) is 58.6 Å². The Bertz CT molecular complexity index is 1020. The maximum Gasteiger partial charge on any atom is 0.252 e. The van der Waals surface area contributed by atoms with Crippen molar-refractivity contribution in [2.45, 2.75) is 12.5 Å². The monoisotopic (exact) mass is 426 g/mol. The van der Waals surface area contributed by atoms with Crippen molar-refractivity contribution in [2.24, 2.45) is 10.1 Å². The maximum atomic E-state index is 12.2. The molecule has 10 heteroatoms. The maximum absolute atomic E-state index is 12.2. The van der Waals surface area contributed by atoms with Crippen molar-refractivity contribution < 1.29 is 14.4 Å². The van der Waals surface area contributed by atoms with Crippen LogP contribution in [0.2, 0.25) is 5.02 Å². The van der Waals surface area contributed by atoms with E-state index in [9.17, 15) is 14.4 Å². The fourth-order valence-corrected chi connectivity index (χ4v) is 2.81. The highest BCUT2D eigenvalue weighted by Crippen LogP contribution is 2.13. The first-order valence-electron chi connectivity index (χ1n) is 9.00. The predicted octanol–water partition coefficient (Wildman–Crippen LogP) is 1.51. The second kappa shape index (κ2) is 9.66. The summed E-state index contributed by atoms with van der Waals surface area (Å²) in [5.41, 5.74) is 4.31. The van der Waals surface area contributed by atoms with Gasteiger partial charge >= 0.3 is 0 Å². The van der Waals surface area contributed by atoms with Crippen molar-refractivity contribution in [3.8, 4) is 0 Å². The van der Waals surface area contributed by atoms with E-state index in [1.54, 1.807) is 42.5 Å². The predicted molar refractivity (Wildman–Crippen MR) is 115 cm³/mol. The lowest BCUT2D eigenvalue weighted by Gasteiger charge is -2.07. The lowest BCUT2D eigenvalue weighted by Crippen LogP contribution is -2.35. The summed E-state index contributed by atoms with van der Waals surface area (Å²) in [6, 6.07) is 12.7. The molecule has 0 bridgehead atoms. The van der Waals surface area contributed by atoms with Crippen molar-refractivity contribution in [3.05, 3.63) is 64.7 Å². The molecule has 1 heterocycles. The first-order valence-corrected chi connectivity index (χ1v) is 9.38. The average Bonchev–Trinajstić information content (AvgIpc) is 3.08. The van der Waals surface area contributed by atoms with E-state index in [1.807, 2.05) is 6.07 Å². The Labute approximate surface area is 177 Å². The first-order chi connectivity index (χ1) is 14.5. The van der Waals surface area contributed by atoms with Gasteiger partial charge in [-0.05, 0) is 30.3 Å². The topological polar surface area (TPSA) is 124 Å². The summed E-state index contributed by atoms with van der Waals surface area (Å²) in [5, 5.41) is 12.3. The zero-order valence-electron chi connectivity index (χ0n) is 16.0. The molecule has 2 aromatic carbocycles. The lowest BCUT2D eigenvalue weighted by molar-refractivity contribution is -0.123. The highest BCUT2D eigenvalue weighted by atomic mass is 35.5. The number of nitrogens with one attached hydrogen (secondary N) is 4. The summed E-state index contributed by atoms with van der Waals surface area (Å²) in [4.78, 5) is 40.0. The highest BCUT2D eigenvalue weighted by molar-refractivity contribution is 6.33. The number of carbonyl (C=O) groups is 3. The fourth-order valence-electron chi connectivity index (χ4n) is 2.62. The minimum atomic E-state index is -0.867. The molecule has 30 heavy (non-hydrogen) atoms. The van der Waals surface area contributed by atoms with Gasteiger partial charge in [-0.1, -0.05) is 29.8 Å². The number of guanidine groups is 1. The molecule has 1 unspecified atom stereocenters. The average molecular weight is 427 g/mol. The zero-order valence-corrected chi connectivity index (χ0v) is 16.7.